The molecule has 1 aliphatic rings. The molecular weight excluding hydrogens is 643 g/mol. The molecule has 0 saturated carbocycles. The Kier molecular flexibility index (Phi) is 6.42. The van der Waals surface area contributed by atoms with Crippen molar-refractivity contribution in [1.29, 1.82) is 0 Å². The van der Waals surface area contributed by atoms with Gasteiger partial charge in [0.25, 0.3) is 0 Å². The number of aromatic nitrogens is 3. The van der Waals surface area contributed by atoms with Crippen LogP contribution in [0.5, 0.6) is 0 Å². The minimum absolute atomic E-state index is 0.155. The lowest BCUT2D eigenvalue weighted by molar-refractivity contribution is 0.593. The Morgan fingerprint density at radius 3 is 1.90 bits per heavy atom. The number of hydrogen-bond donors (Lipinski definition) is 0. The van der Waals surface area contributed by atoms with E-state index in [4.69, 9.17) is 28.2 Å². The third kappa shape index (κ3) is 4.47. The predicted molar refractivity (Wildman–Crippen MR) is 209 cm³/mol. The van der Waals surface area contributed by atoms with E-state index in [1.165, 1.54) is 11.1 Å². The largest absolute Gasteiger partial charge is 0.456 e. The Balaban J connectivity index is 1.13. The standard InChI is InChI=1S/C46H31N3O3/c1-5-30-32-20-18-28(23-40(32)50-37(30)6-2)44-47-43(48-45(49-44)29-19-21-33-31-14-8-10-17-38(31)51-41(33)24-29)27-13-11-12-26(22-27)39-25-36-42(52-39)34-15-7-9-16-35(34)46(36,3)4/h5-25H,1-2H2,3-4H3. The molecule has 248 valence electrons. The highest BCUT2D eigenvalue weighted by Gasteiger charge is 2.38. The summed E-state index contributed by atoms with van der Waals surface area (Å²) in [5.41, 5.74) is 10.1. The molecule has 0 bridgehead atoms. The van der Waals surface area contributed by atoms with Crippen LogP contribution in [0, 0.1) is 0 Å². The molecule has 1 aliphatic carbocycles. The Hall–Kier alpha value is -6.79. The van der Waals surface area contributed by atoms with Crippen molar-refractivity contribution in [3.8, 4) is 56.8 Å². The van der Waals surface area contributed by atoms with Crippen LogP contribution in [0.1, 0.15) is 36.3 Å². The third-order valence-corrected chi connectivity index (χ3v) is 10.3. The molecule has 9 aromatic rings. The van der Waals surface area contributed by atoms with E-state index in [0.717, 1.165) is 72.2 Å². The van der Waals surface area contributed by atoms with Gasteiger partial charge >= 0.3 is 0 Å². The fraction of sp³-hybridized carbons (Fsp3) is 0.0652. The smallest absolute Gasteiger partial charge is 0.164 e. The molecule has 0 spiro atoms. The van der Waals surface area contributed by atoms with Crippen LogP contribution < -0.4 is 0 Å². The number of hydrogen-bond acceptors (Lipinski definition) is 6. The number of fused-ring (bicyclic) bond motifs is 7. The van der Waals surface area contributed by atoms with Gasteiger partial charge in [0.2, 0.25) is 0 Å². The van der Waals surface area contributed by atoms with Gasteiger partial charge in [-0.2, -0.15) is 0 Å². The molecule has 10 rings (SSSR count). The molecule has 5 aromatic carbocycles. The van der Waals surface area contributed by atoms with Crippen LogP contribution >= 0.6 is 0 Å². The van der Waals surface area contributed by atoms with Crippen molar-refractivity contribution in [1.82, 2.24) is 15.0 Å². The summed E-state index contributed by atoms with van der Waals surface area (Å²) in [5.74, 6) is 3.99. The minimum Gasteiger partial charge on any atom is -0.456 e. The second-order valence-electron chi connectivity index (χ2n) is 13.7. The lowest BCUT2D eigenvalue weighted by Gasteiger charge is -2.19. The molecule has 6 nitrogen and oxygen atoms in total. The molecule has 0 atom stereocenters. The van der Waals surface area contributed by atoms with Crippen LogP contribution in [0.3, 0.4) is 0 Å². The maximum atomic E-state index is 6.60. The van der Waals surface area contributed by atoms with Crippen LogP contribution in [-0.4, -0.2) is 15.0 Å². The summed E-state index contributed by atoms with van der Waals surface area (Å²) < 4.78 is 19.0. The molecule has 0 fully saturated rings. The summed E-state index contributed by atoms with van der Waals surface area (Å²) in [5, 5.41) is 3.05. The molecule has 4 heterocycles. The Bertz CT molecular complexity index is 2940. The maximum Gasteiger partial charge on any atom is 0.164 e. The second-order valence-corrected chi connectivity index (χ2v) is 13.7. The van der Waals surface area contributed by atoms with Crippen LogP contribution in [0.4, 0.5) is 0 Å². The molecule has 0 N–H and O–H groups in total. The Morgan fingerprint density at radius 1 is 0.519 bits per heavy atom. The van der Waals surface area contributed by atoms with Crippen molar-refractivity contribution < 1.29 is 13.3 Å². The van der Waals surface area contributed by atoms with E-state index in [1.807, 2.05) is 60.7 Å². The first-order valence-corrected chi connectivity index (χ1v) is 17.2. The summed E-state index contributed by atoms with van der Waals surface area (Å²) >= 11 is 0. The van der Waals surface area contributed by atoms with Gasteiger partial charge in [-0.1, -0.05) is 106 Å². The normalized spacial score (nSPS) is 13.1. The van der Waals surface area contributed by atoms with Crippen LogP contribution in [-0.2, 0) is 5.41 Å². The summed E-state index contributed by atoms with van der Waals surface area (Å²) in [6.07, 6.45) is 3.49. The summed E-state index contributed by atoms with van der Waals surface area (Å²) in [4.78, 5) is 15.1. The molecule has 0 unspecified atom stereocenters. The summed E-state index contributed by atoms with van der Waals surface area (Å²) in [6.45, 7) is 12.4. The highest BCUT2D eigenvalue weighted by molar-refractivity contribution is 6.05. The van der Waals surface area contributed by atoms with Gasteiger partial charge in [0, 0.05) is 60.5 Å². The zero-order chi connectivity index (χ0) is 35.1. The van der Waals surface area contributed by atoms with Crippen LogP contribution in [0.2, 0.25) is 0 Å². The van der Waals surface area contributed by atoms with Gasteiger partial charge in [-0.15, -0.1) is 0 Å². The lowest BCUT2D eigenvalue weighted by atomic mass is 9.83. The Morgan fingerprint density at radius 2 is 1.15 bits per heavy atom. The van der Waals surface area contributed by atoms with Gasteiger partial charge in [0.15, 0.2) is 17.5 Å². The average Bonchev–Trinajstić information content (AvgIpc) is 3.94. The third-order valence-electron chi connectivity index (χ3n) is 10.3. The summed E-state index contributed by atoms with van der Waals surface area (Å²) in [7, 11) is 0. The monoisotopic (exact) mass is 673 g/mol. The van der Waals surface area contributed by atoms with Gasteiger partial charge in [-0.25, -0.2) is 15.0 Å². The molecule has 52 heavy (non-hydrogen) atoms. The lowest BCUT2D eigenvalue weighted by Crippen LogP contribution is -2.14. The molecular formula is C46H31N3O3. The fourth-order valence-electron chi connectivity index (χ4n) is 7.65. The highest BCUT2D eigenvalue weighted by Crippen LogP contribution is 2.51. The minimum atomic E-state index is -0.155. The van der Waals surface area contributed by atoms with Crippen molar-refractivity contribution in [2.24, 2.45) is 0 Å². The van der Waals surface area contributed by atoms with E-state index in [0.29, 0.717) is 28.8 Å². The number of benzene rings is 5. The van der Waals surface area contributed by atoms with Gasteiger partial charge < -0.3 is 13.3 Å². The van der Waals surface area contributed by atoms with Crippen molar-refractivity contribution in [3.63, 3.8) is 0 Å². The Labute approximate surface area is 299 Å². The van der Waals surface area contributed by atoms with E-state index < -0.39 is 0 Å². The highest BCUT2D eigenvalue weighted by atomic mass is 16.3. The quantitative estimate of drug-likeness (QED) is 0.175. The first kappa shape index (κ1) is 30.1. The predicted octanol–water partition coefficient (Wildman–Crippen LogP) is 12.4. The van der Waals surface area contributed by atoms with Crippen LogP contribution in [0.25, 0.3) is 102 Å². The van der Waals surface area contributed by atoms with Crippen molar-refractivity contribution in [2.75, 3.05) is 0 Å². The SMILES string of the molecule is C=Cc1oc2cc(-c3nc(-c4cccc(-c5cc6c(o5)-c5ccccc5C6(C)C)c4)nc(-c4ccc5c(c4)oc4ccccc45)n3)ccc2c1C=C. The van der Waals surface area contributed by atoms with Crippen molar-refractivity contribution in [3.05, 3.63) is 151 Å². The van der Waals surface area contributed by atoms with Crippen LogP contribution in [0.15, 0.2) is 142 Å². The molecule has 4 aromatic heterocycles. The van der Waals surface area contributed by atoms with E-state index in [-0.39, 0.29) is 5.41 Å². The van der Waals surface area contributed by atoms with Gasteiger partial charge in [0.1, 0.15) is 34.0 Å². The van der Waals surface area contributed by atoms with Crippen molar-refractivity contribution >= 4 is 45.1 Å². The first-order chi connectivity index (χ1) is 25.4. The fourth-order valence-corrected chi connectivity index (χ4v) is 7.65. The number of rotatable bonds is 6. The first-order valence-electron chi connectivity index (χ1n) is 17.2. The van der Waals surface area contributed by atoms with Crippen molar-refractivity contribution in [2.45, 2.75) is 19.3 Å². The second kappa shape index (κ2) is 11.1. The molecule has 0 amide bonds. The zero-order valence-electron chi connectivity index (χ0n) is 28.6. The van der Waals surface area contributed by atoms with E-state index in [2.05, 4.69) is 81.6 Å². The van der Waals surface area contributed by atoms with E-state index in [9.17, 15) is 0 Å². The molecule has 0 aliphatic heterocycles. The van der Waals surface area contributed by atoms with Gasteiger partial charge in [-0.3, -0.25) is 0 Å². The molecule has 6 heteroatoms. The topological polar surface area (TPSA) is 78.1 Å². The average molecular weight is 674 g/mol. The number of furan rings is 3. The van der Waals surface area contributed by atoms with E-state index >= 15 is 0 Å². The number of nitrogens with zero attached hydrogens (tertiary/aromatic N) is 3. The molecule has 0 saturated heterocycles. The molecule has 0 radical (unpaired) electrons. The van der Waals surface area contributed by atoms with E-state index in [1.54, 1.807) is 12.2 Å². The van der Waals surface area contributed by atoms with Gasteiger partial charge in [-0.05, 0) is 54.1 Å². The maximum absolute atomic E-state index is 6.60. The zero-order valence-corrected chi connectivity index (χ0v) is 28.6. The van der Waals surface area contributed by atoms with Gasteiger partial charge in [0.05, 0.1) is 0 Å². The summed E-state index contributed by atoms with van der Waals surface area (Å²) in [6, 6.07) is 39.0. The number of para-hydroxylation sites is 1.